The van der Waals surface area contributed by atoms with E-state index in [-0.39, 0.29) is 0 Å². The highest BCUT2D eigenvalue weighted by atomic mass is 16.3. The maximum Gasteiger partial charge on any atom is 0.0896 e. The number of aliphatic hydroxyl groups is 1. The maximum absolute atomic E-state index is 10.6. The van der Waals surface area contributed by atoms with Crippen LogP contribution in [0.25, 0.3) is 0 Å². The zero-order valence-corrected chi connectivity index (χ0v) is 10.0. The Morgan fingerprint density at radius 3 is 2.27 bits per heavy atom. The Kier molecular flexibility index (Phi) is 4.34. The Morgan fingerprint density at radius 2 is 1.80 bits per heavy atom. The number of hydrogen-bond donors (Lipinski definition) is 1. The predicted octanol–water partition coefficient (Wildman–Crippen LogP) is 3.72. The molecule has 2 unspecified atom stereocenters. The van der Waals surface area contributed by atoms with Gasteiger partial charge in [0.05, 0.1) is 5.60 Å². The lowest BCUT2D eigenvalue weighted by molar-refractivity contribution is -0.0118. The largest absolute Gasteiger partial charge is 0.385 e. The van der Waals surface area contributed by atoms with Crippen molar-refractivity contribution in [2.45, 2.75) is 45.6 Å². The molecule has 1 nitrogen and oxygen atoms in total. The molecule has 0 aliphatic carbocycles. The lowest BCUT2D eigenvalue weighted by Crippen LogP contribution is -2.31. The summed E-state index contributed by atoms with van der Waals surface area (Å²) in [4.78, 5) is 0. The summed E-state index contributed by atoms with van der Waals surface area (Å²) in [5.74, 6) is 0.352. The molecule has 0 spiro atoms. The molecule has 1 heteroatoms. The Hall–Kier alpha value is -0.820. The van der Waals surface area contributed by atoms with Crippen molar-refractivity contribution in [1.29, 1.82) is 0 Å². The molecule has 84 valence electrons. The number of benzene rings is 1. The summed E-state index contributed by atoms with van der Waals surface area (Å²) < 4.78 is 0. The first-order valence-corrected chi connectivity index (χ1v) is 5.90. The zero-order chi connectivity index (χ0) is 11.3. The van der Waals surface area contributed by atoms with Crippen LogP contribution in [-0.2, 0) is 5.60 Å². The number of rotatable bonds is 5. The molecule has 1 rings (SSSR count). The van der Waals surface area contributed by atoms with E-state index in [1.807, 2.05) is 37.3 Å². The second kappa shape index (κ2) is 5.32. The molecule has 0 aliphatic heterocycles. The molecular formula is C14H22O. The molecule has 15 heavy (non-hydrogen) atoms. The van der Waals surface area contributed by atoms with Crippen LogP contribution in [0.3, 0.4) is 0 Å². The van der Waals surface area contributed by atoms with E-state index in [1.54, 1.807) is 0 Å². The average molecular weight is 206 g/mol. The fourth-order valence-corrected chi connectivity index (χ4v) is 2.24. The SMILES string of the molecule is CCCC(CC)C(C)(O)c1ccccc1. The van der Waals surface area contributed by atoms with Crippen molar-refractivity contribution in [1.82, 2.24) is 0 Å². The highest BCUT2D eigenvalue weighted by Gasteiger charge is 2.31. The van der Waals surface area contributed by atoms with E-state index >= 15 is 0 Å². The first-order chi connectivity index (χ1) is 7.12. The van der Waals surface area contributed by atoms with Crippen molar-refractivity contribution in [3.8, 4) is 0 Å². The molecule has 1 aromatic rings. The van der Waals surface area contributed by atoms with Gasteiger partial charge in [-0.05, 0) is 24.8 Å². The van der Waals surface area contributed by atoms with Crippen molar-refractivity contribution in [2.75, 3.05) is 0 Å². The number of hydrogen-bond acceptors (Lipinski definition) is 1. The van der Waals surface area contributed by atoms with Gasteiger partial charge in [0.2, 0.25) is 0 Å². The van der Waals surface area contributed by atoms with E-state index in [4.69, 9.17) is 0 Å². The molecular weight excluding hydrogens is 184 g/mol. The quantitative estimate of drug-likeness (QED) is 0.778. The van der Waals surface area contributed by atoms with E-state index < -0.39 is 5.60 Å². The minimum Gasteiger partial charge on any atom is -0.385 e. The van der Waals surface area contributed by atoms with Gasteiger partial charge in [0.1, 0.15) is 0 Å². The molecule has 0 saturated carbocycles. The van der Waals surface area contributed by atoms with E-state index in [0.717, 1.165) is 24.8 Å². The lowest BCUT2D eigenvalue weighted by Gasteiger charge is -2.32. The molecule has 0 saturated heterocycles. The standard InChI is InChI=1S/C14H22O/c1-4-9-12(5-2)14(3,15)13-10-7-6-8-11-13/h6-8,10-12,15H,4-5,9H2,1-3H3. The molecule has 0 amide bonds. The van der Waals surface area contributed by atoms with Crippen LogP contribution in [0.1, 0.15) is 45.6 Å². The van der Waals surface area contributed by atoms with Gasteiger partial charge in [-0.25, -0.2) is 0 Å². The van der Waals surface area contributed by atoms with Gasteiger partial charge in [-0.2, -0.15) is 0 Å². The van der Waals surface area contributed by atoms with Gasteiger partial charge in [0.25, 0.3) is 0 Å². The third kappa shape index (κ3) is 2.82. The summed E-state index contributed by atoms with van der Waals surface area (Å²) in [6.07, 6.45) is 3.23. The van der Waals surface area contributed by atoms with Gasteiger partial charge >= 0.3 is 0 Å². The minimum absolute atomic E-state index is 0.352. The molecule has 0 fully saturated rings. The van der Waals surface area contributed by atoms with Crippen molar-refractivity contribution < 1.29 is 5.11 Å². The molecule has 0 radical (unpaired) electrons. The van der Waals surface area contributed by atoms with Crippen LogP contribution in [-0.4, -0.2) is 5.11 Å². The van der Waals surface area contributed by atoms with Gasteiger partial charge in [-0.15, -0.1) is 0 Å². The molecule has 0 bridgehead atoms. The summed E-state index contributed by atoms with van der Waals surface area (Å²) in [6.45, 7) is 6.26. The van der Waals surface area contributed by atoms with Crippen molar-refractivity contribution in [3.05, 3.63) is 35.9 Å². The normalized spacial score (nSPS) is 17.1. The molecule has 0 aromatic heterocycles. The predicted molar refractivity (Wildman–Crippen MR) is 64.7 cm³/mol. The van der Waals surface area contributed by atoms with Crippen LogP contribution < -0.4 is 0 Å². The van der Waals surface area contributed by atoms with Crippen LogP contribution >= 0.6 is 0 Å². The average Bonchev–Trinajstić information content (AvgIpc) is 2.27. The van der Waals surface area contributed by atoms with E-state index in [0.29, 0.717) is 5.92 Å². The zero-order valence-electron chi connectivity index (χ0n) is 10.0. The van der Waals surface area contributed by atoms with Crippen molar-refractivity contribution in [2.24, 2.45) is 5.92 Å². The monoisotopic (exact) mass is 206 g/mol. The Balaban J connectivity index is 2.89. The second-order valence-electron chi connectivity index (χ2n) is 4.41. The van der Waals surface area contributed by atoms with E-state index in [9.17, 15) is 5.11 Å². The van der Waals surface area contributed by atoms with Gasteiger partial charge < -0.3 is 5.11 Å². The highest BCUT2D eigenvalue weighted by molar-refractivity contribution is 5.22. The first kappa shape index (κ1) is 12.3. The van der Waals surface area contributed by atoms with Gasteiger partial charge in [0.15, 0.2) is 0 Å². The Labute approximate surface area is 93.1 Å². The molecule has 0 aliphatic rings. The minimum atomic E-state index is -0.688. The van der Waals surface area contributed by atoms with Gasteiger partial charge in [0, 0.05) is 0 Å². The first-order valence-electron chi connectivity index (χ1n) is 5.90. The summed E-state index contributed by atoms with van der Waals surface area (Å²) in [5, 5.41) is 10.6. The summed E-state index contributed by atoms with van der Waals surface area (Å²) in [6, 6.07) is 9.99. The van der Waals surface area contributed by atoms with Crippen LogP contribution in [0, 0.1) is 5.92 Å². The van der Waals surface area contributed by atoms with Crippen molar-refractivity contribution >= 4 is 0 Å². The summed E-state index contributed by atoms with van der Waals surface area (Å²) in [5.41, 5.74) is 0.344. The van der Waals surface area contributed by atoms with Crippen LogP contribution in [0.4, 0.5) is 0 Å². The summed E-state index contributed by atoms with van der Waals surface area (Å²) >= 11 is 0. The van der Waals surface area contributed by atoms with Crippen LogP contribution in [0.2, 0.25) is 0 Å². The highest BCUT2D eigenvalue weighted by Crippen LogP contribution is 2.34. The smallest absolute Gasteiger partial charge is 0.0896 e. The lowest BCUT2D eigenvalue weighted by atomic mass is 9.79. The fraction of sp³-hybridized carbons (Fsp3) is 0.571. The Morgan fingerprint density at radius 1 is 1.20 bits per heavy atom. The molecule has 1 aromatic carbocycles. The van der Waals surface area contributed by atoms with Crippen molar-refractivity contribution in [3.63, 3.8) is 0 Å². The molecule has 1 N–H and O–H groups in total. The molecule has 0 heterocycles. The van der Waals surface area contributed by atoms with Gasteiger partial charge in [-0.3, -0.25) is 0 Å². The van der Waals surface area contributed by atoms with E-state index in [2.05, 4.69) is 13.8 Å². The fourth-order valence-electron chi connectivity index (χ4n) is 2.24. The maximum atomic E-state index is 10.6. The topological polar surface area (TPSA) is 20.2 Å². The third-order valence-corrected chi connectivity index (χ3v) is 3.28. The van der Waals surface area contributed by atoms with Crippen LogP contribution in [0.15, 0.2) is 30.3 Å². The van der Waals surface area contributed by atoms with Crippen LogP contribution in [0.5, 0.6) is 0 Å². The Bertz CT molecular complexity index is 277. The van der Waals surface area contributed by atoms with Gasteiger partial charge in [-0.1, -0.05) is 57.0 Å². The molecule has 2 atom stereocenters. The second-order valence-corrected chi connectivity index (χ2v) is 4.41. The van der Waals surface area contributed by atoms with E-state index in [1.165, 1.54) is 0 Å². The third-order valence-electron chi connectivity index (χ3n) is 3.28. The summed E-state index contributed by atoms with van der Waals surface area (Å²) in [7, 11) is 0.